The molecular formula is C11H13N3O4S2. The van der Waals surface area contributed by atoms with Crippen LogP contribution < -0.4 is 5.32 Å². The van der Waals surface area contributed by atoms with Crippen molar-refractivity contribution in [2.24, 2.45) is 0 Å². The fourth-order valence-corrected chi connectivity index (χ4v) is 3.76. The number of carbonyl (C=O) groups is 1. The summed E-state index contributed by atoms with van der Waals surface area (Å²) in [6.07, 6.45) is 3.38. The van der Waals surface area contributed by atoms with E-state index in [0.717, 1.165) is 11.3 Å². The minimum Gasteiger partial charge on any atom is -0.445 e. The van der Waals surface area contributed by atoms with Crippen LogP contribution in [0.25, 0.3) is 0 Å². The van der Waals surface area contributed by atoms with Crippen molar-refractivity contribution >= 4 is 32.2 Å². The molecular weight excluding hydrogens is 302 g/mol. The van der Waals surface area contributed by atoms with Crippen molar-refractivity contribution in [1.29, 1.82) is 0 Å². The molecule has 7 nitrogen and oxygen atoms in total. The highest BCUT2D eigenvalue weighted by atomic mass is 32.2. The summed E-state index contributed by atoms with van der Waals surface area (Å²) < 4.78 is 29.7. The minimum absolute atomic E-state index is 0.0671. The van der Waals surface area contributed by atoms with Gasteiger partial charge in [0.15, 0.2) is 15.0 Å². The zero-order valence-electron chi connectivity index (χ0n) is 10.9. The van der Waals surface area contributed by atoms with E-state index < -0.39 is 9.84 Å². The highest BCUT2D eigenvalue weighted by Crippen LogP contribution is 2.25. The molecule has 0 atom stereocenters. The standard InChI is InChI=1S/C11H13N3O4S2/c1-3-8-4-12-9(18-8)6-20(16,17)10-5-13-11(19-10)14-7(2)15/h4-5H,3,6H2,1-2H3,(H,13,14,15). The number of anilines is 1. The Morgan fingerprint density at radius 3 is 2.75 bits per heavy atom. The Kier molecular flexibility index (Phi) is 4.19. The van der Waals surface area contributed by atoms with Gasteiger partial charge in [-0.15, -0.1) is 0 Å². The third-order valence-corrected chi connectivity index (χ3v) is 5.40. The Morgan fingerprint density at radius 2 is 2.15 bits per heavy atom. The molecule has 2 heterocycles. The smallest absolute Gasteiger partial charge is 0.223 e. The quantitative estimate of drug-likeness (QED) is 0.899. The number of hydrogen-bond acceptors (Lipinski definition) is 7. The maximum absolute atomic E-state index is 12.2. The molecule has 0 unspecified atom stereocenters. The van der Waals surface area contributed by atoms with Gasteiger partial charge in [0.25, 0.3) is 0 Å². The normalized spacial score (nSPS) is 11.5. The van der Waals surface area contributed by atoms with Crippen LogP contribution in [0.1, 0.15) is 25.5 Å². The summed E-state index contributed by atoms with van der Waals surface area (Å²) in [7, 11) is -3.57. The van der Waals surface area contributed by atoms with Gasteiger partial charge in [0.1, 0.15) is 15.7 Å². The molecule has 0 aromatic carbocycles. The molecule has 2 rings (SSSR count). The van der Waals surface area contributed by atoms with E-state index in [1.807, 2.05) is 6.92 Å². The fraction of sp³-hybridized carbons (Fsp3) is 0.364. The number of nitrogens with zero attached hydrogens (tertiary/aromatic N) is 2. The topological polar surface area (TPSA) is 102 Å². The van der Waals surface area contributed by atoms with Crippen molar-refractivity contribution in [1.82, 2.24) is 9.97 Å². The average Bonchev–Trinajstić information content (AvgIpc) is 2.97. The molecule has 0 saturated heterocycles. The summed E-state index contributed by atoms with van der Waals surface area (Å²) in [5, 5.41) is 2.69. The molecule has 0 aliphatic heterocycles. The molecule has 2 aromatic heterocycles. The highest BCUT2D eigenvalue weighted by molar-refractivity contribution is 7.92. The van der Waals surface area contributed by atoms with Gasteiger partial charge in [-0.3, -0.25) is 4.79 Å². The first kappa shape index (κ1) is 14.7. The van der Waals surface area contributed by atoms with Gasteiger partial charge in [-0.2, -0.15) is 0 Å². The first-order valence-corrected chi connectivity index (χ1v) is 8.27. The van der Waals surface area contributed by atoms with E-state index in [9.17, 15) is 13.2 Å². The van der Waals surface area contributed by atoms with Crippen molar-refractivity contribution < 1.29 is 17.6 Å². The van der Waals surface area contributed by atoms with Crippen molar-refractivity contribution in [2.75, 3.05) is 5.32 Å². The first-order valence-electron chi connectivity index (χ1n) is 5.80. The Labute approximate surface area is 120 Å². The third kappa shape index (κ3) is 3.42. The number of aromatic nitrogens is 2. The molecule has 0 fully saturated rings. The van der Waals surface area contributed by atoms with Crippen LogP contribution in [0.4, 0.5) is 5.13 Å². The summed E-state index contributed by atoms with van der Waals surface area (Å²) in [6, 6.07) is 0. The number of oxazole rings is 1. The van der Waals surface area contributed by atoms with E-state index >= 15 is 0 Å². The Bertz CT molecular complexity index is 718. The number of nitrogens with one attached hydrogen (secondary N) is 1. The van der Waals surface area contributed by atoms with Crippen LogP contribution in [-0.2, 0) is 26.8 Å². The number of thiazole rings is 1. The molecule has 9 heteroatoms. The predicted octanol–water partition coefficient (Wildman–Crippen LogP) is 1.63. The van der Waals surface area contributed by atoms with E-state index in [2.05, 4.69) is 15.3 Å². The predicted molar refractivity (Wildman–Crippen MR) is 73.2 cm³/mol. The van der Waals surface area contributed by atoms with E-state index in [1.54, 1.807) is 0 Å². The van der Waals surface area contributed by atoms with Gasteiger partial charge in [0.05, 0.1) is 12.4 Å². The molecule has 1 N–H and O–H groups in total. The van der Waals surface area contributed by atoms with Gasteiger partial charge in [-0.25, -0.2) is 18.4 Å². The van der Waals surface area contributed by atoms with E-state index in [-0.39, 0.29) is 26.9 Å². The van der Waals surface area contributed by atoms with Crippen LogP contribution in [0, 0.1) is 0 Å². The number of aryl methyl sites for hydroxylation is 1. The van der Waals surface area contributed by atoms with Crippen LogP contribution in [0.2, 0.25) is 0 Å². The molecule has 0 radical (unpaired) electrons. The summed E-state index contributed by atoms with van der Waals surface area (Å²) in [6.45, 7) is 3.22. The third-order valence-electron chi connectivity index (χ3n) is 2.34. The lowest BCUT2D eigenvalue weighted by atomic mass is 10.4. The van der Waals surface area contributed by atoms with Gasteiger partial charge >= 0.3 is 0 Å². The van der Waals surface area contributed by atoms with Gasteiger partial charge in [0.2, 0.25) is 11.8 Å². The maximum atomic E-state index is 12.2. The number of rotatable bonds is 5. The van der Waals surface area contributed by atoms with Crippen LogP contribution in [0.3, 0.4) is 0 Å². The molecule has 0 bridgehead atoms. The van der Waals surface area contributed by atoms with E-state index in [1.165, 1.54) is 19.3 Å². The van der Waals surface area contributed by atoms with E-state index in [4.69, 9.17) is 4.42 Å². The number of carbonyl (C=O) groups excluding carboxylic acids is 1. The molecule has 108 valence electrons. The molecule has 0 aliphatic rings. The van der Waals surface area contributed by atoms with E-state index in [0.29, 0.717) is 12.2 Å². The van der Waals surface area contributed by atoms with Crippen molar-refractivity contribution in [3.63, 3.8) is 0 Å². The monoisotopic (exact) mass is 315 g/mol. The second kappa shape index (κ2) is 5.71. The number of sulfone groups is 1. The van der Waals surface area contributed by atoms with Crippen LogP contribution in [0.5, 0.6) is 0 Å². The Balaban J connectivity index is 2.17. The largest absolute Gasteiger partial charge is 0.445 e. The molecule has 2 aromatic rings. The number of amides is 1. The SMILES string of the molecule is CCc1cnc(CS(=O)(=O)c2cnc(NC(C)=O)s2)o1. The minimum atomic E-state index is -3.57. The highest BCUT2D eigenvalue weighted by Gasteiger charge is 2.22. The molecule has 1 amide bonds. The Hall–Kier alpha value is -1.74. The van der Waals surface area contributed by atoms with Gasteiger partial charge in [-0.1, -0.05) is 18.3 Å². The average molecular weight is 315 g/mol. The molecule has 20 heavy (non-hydrogen) atoms. The van der Waals surface area contributed by atoms with Crippen molar-refractivity contribution in [3.8, 4) is 0 Å². The van der Waals surface area contributed by atoms with Crippen LogP contribution in [0.15, 0.2) is 21.0 Å². The van der Waals surface area contributed by atoms with Gasteiger partial charge in [-0.05, 0) is 0 Å². The summed E-state index contributed by atoms with van der Waals surface area (Å²) >= 11 is 0.899. The molecule has 0 saturated carbocycles. The number of hydrogen-bond donors (Lipinski definition) is 1. The second-order valence-electron chi connectivity index (χ2n) is 4.00. The Morgan fingerprint density at radius 1 is 1.40 bits per heavy atom. The van der Waals surface area contributed by atoms with Gasteiger partial charge in [0, 0.05) is 13.3 Å². The lowest BCUT2D eigenvalue weighted by Gasteiger charge is -1.97. The fourth-order valence-electron chi connectivity index (χ4n) is 1.42. The van der Waals surface area contributed by atoms with Crippen molar-refractivity contribution in [2.45, 2.75) is 30.2 Å². The van der Waals surface area contributed by atoms with Crippen LogP contribution in [-0.4, -0.2) is 24.3 Å². The van der Waals surface area contributed by atoms with Gasteiger partial charge < -0.3 is 9.73 Å². The molecule has 0 aliphatic carbocycles. The van der Waals surface area contributed by atoms with Crippen molar-refractivity contribution in [3.05, 3.63) is 24.0 Å². The second-order valence-corrected chi connectivity index (χ2v) is 7.25. The molecule has 0 spiro atoms. The maximum Gasteiger partial charge on any atom is 0.223 e. The zero-order chi connectivity index (χ0) is 14.8. The lowest BCUT2D eigenvalue weighted by Crippen LogP contribution is -2.05. The zero-order valence-corrected chi connectivity index (χ0v) is 12.5. The van der Waals surface area contributed by atoms with Crippen LogP contribution >= 0.6 is 11.3 Å². The summed E-state index contributed by atoms with van der Waals surface area (Å²) in [5.74, 6) is 0.160. The lowest BCUT2D eigenvalue weighted by molar-refractivity contribution is -0.114. The first-order chi connectivity index (χ1) is 9.40. The summed E-state index contributed by atoms with van der Waals surface area (Å²) in [5.41, 5.74) is 0. The summed E-state index contributed by atoms with van der Waals surface area (Å²) in [4.78, 5) is 18.6.